The van der Waals surface area contributed by atoms with E-state index < -0.39 is 23.6 Å². The van der Waals surface area contributed by atoms with E-state index in [-0.39, 0.29) is 16.3 Å². The Kier molecular flexibility index (Phi) is 4.20. The van der Waals surface area contributed by atoms with Gasteiger partial charge in [0.15, 0.2) is 6.04 Å². The molecule has 0 saturated heterocycles. The van der Waals surface area contributed by atoms with Crippen LogP contribution in [0.3, 0.4) is 0 Å². The first kappa shape index (κ1) is 14.3. The summed E-state index contributed by atoms with van der Waals surface area (Å²) in [5.41, 5.74) is 0.165. The van der Waals surface area contributed by atoms with E-state index in [9.17, 15) is 18.7 Å². The minimum Gasteiger partial charge on any atom is -0.479 e. The third-order valence-electron chi connectivity index (χ3n) is 2.70. The molecule has 0 aliphatic rings. The number of aliphatic carboxylic acids is 1. The van der Waals surface area contributed by atoms with E-state index in [2.05, 4.69) is 5.32 Å². The predicted molar refractivity (Wildman–Crippen MR) is 71.8 cm³/mol. The number of carbonyl (C=O) groups is 1. The van der Waals surface area contributed by atoms with E-state index in [0.717, 1.165) is 6.07 Å². The zero-order chi connectivity index (χ0) is 14.7. The van der Waals surface area contributed by atoms with Crippen molar-refractivity contribution in [3.63, 3.8) is 0 Å². The maximum Gasteiger partial charge on any atom is 0.330 e. The van der Waals surface area contributed by atoms with Crippen molar-refractivity contribution < 1.29 is 18.7 Å². The van der Waals surface area contributed by atoms with Gasteiger partial charge in [-0.15, -0.1) is 0 Å². The molecular formula is C14H10ClF2NO2. The normalized spacial score (nSPS) is 11.9. The molecule has 2 aromatic rings. The molecule has 0 heterocycles. The standard InChI is InChI=1S/C14H10ClF2NO2/c15-9-6-5-8(7-11(9)17)13(14(19)20)18-12-4-2-1-3-10(12)16/h1-7,13,18H,(H,19,20). The topological polar surface area (TPSA) is 49.3 Å². The third kappa shape index (κ3) is 3.05. The minimum atomic E-state index is -1.28. The number of nitrogens with one attached hydrogen (secondary N) is 1. The number of rotatable bonds is 4. The van der Waals surface area contributed by atoms with Crippen molar-refractivity contribution in [3.05, 3.63) is 64.7 Å². The average molecular weight is 298 g/mol. The van der Waals surface area contributed by atoms with Crippen LogP contribution in [-0.2, 0) is 4.79 Å². The highest BCUT2D eigenvalue weighted by molar-refractivity contribution is 6.30. The van der Waals surface area contributed by atoms with Crippen LogP contribution in [0.2, 0.25) is 5.02 Å². The molecule has 0 bridgehead atoms. The van der Waals surface area contributed by atoms with Gasteiger partial charge in [0.05, 0.1) is 10.7 Å². The fourth-order valence-corrected chi connectivity index (χ4v) is 1.83. The molecule has 0 spiro atoms. The van der Waals surface area contributed by atoms with Crippen LogP contribution >= 0.6 is 11.6 Å². The summed E-state index contributed by atoms with van der Waals surface area (Å²) in [4.78, 5) is 11.3. The number of para-hydroxylation sites is 1. The molecule has 0 radical (unpaired) electrons. The number of carboxylic acids is 1. The van der Waals surface area contributed by atoms with Crippen LogP contribution in [0, 0.1) is 11.6 Å². The van der Waals surface area contributed by atoms with Crippen LogP contribution in [-0.4, -0.2) is 11.1 Å². The van der Waals surface area contributed by atoms with E-state index in [1.165, 1.54) is 30.3 Å². The Morgan fingerprint density at radius 3 is 2.45 bits per heavy atom. The quantitative estimate of drug-likeness (QED) is 0.901. The molecule has 20 heavy (non-hydrogen) atoms. The molecule has 2 aromatic carbocycles. The van der Waals surface area contributed by atoms with Gasteiger partial charge in [0, 0.05) is 0 Å². The molecule has 0 saturated carbocycles. The highest BCUT2D eigenvalue weighted by atomic mass is 35.5. The van der Waals surface area contributed by atoms with Crippen molar-refractivity contribution in [2.24, 2.45) is 0 Å². The second kappa shape index (κ2) is 5.88. The molecule has 0 aliphatic heterocycles. The Morgan fingerprint density at radius 2 is 1.85 bits per heavy atom. The second-order valence-corrected chi connectivity index (χ2v) is 4.48. The molecule has 1 unspecified atom stereocenters. The smallest absolute Gasteiger partial charge is 0.330 e. The number of carboxylic acid groups (broad SMARTS) is 1. The van der Waals surface area contributed by atoms with Crippen molar-refractivity contribution in [1.29, 1.82) is 0 Å². The van der Waals surface area contributed by atoms with Crippen LogP contribution < -0.4 is 5.32 Å². The van der Waals surface area contributed by atoms with Gasteiger partial charge in [0.25, 0.3) is 0 Å². The van der Waals surface area contributed by atoms with Crippen LogP contribution in [0.5, 0.6) is 0 Å². The van der Waals surface area contributed by atoms with Gasteiger partial charge in [-0.05, 0) is 29.8 Å². The van der Waals surface area contributed by atoms with E-state index in [1.54, 1.807) is 6.07 Å². The summed E-state index contributed by atoms with van der Waals surface area (Å²) in [5, 5.41) is 11.6. The highest BCUT2D eigenvalue weighted by Crippen LogP contribution is 2.25. The van der Waals surface area contributed by atoms with Crippen LogP contribution in [0.1, 0.15) is 11.6 Å². The number of benzene rings is 2. The molecule has 0 fully saturated rings. The second-order valence-electron chi connectivity index (χ2n) is 4.07. The zero-order valence-corrected chi connectivity index (χ0v) is 10.9. The van der Waals surface area contributed by atoms with Crippen LogP contribution in [0.4, 0.5) is 14.5 Å². The van der Waals surface area contributed by atoms with Crippen molar-refractivity contribution in [2.45, 2.75) is 6.04 Å². The summed E-state index contributed by atoms with van der Waals surface area (Å²) in [7, 11) is 0. The SMILES string of the molecule is O=C(O)C(Nc1ccccc1F)c1ccc(Cl)c(F)c1. The molecule has 1 atom stereocenters. The van der Waals surface area contributed by atoms with Crippen molar-refractivity contribution in [1.82, 2.24) is 0 Å². The Bertz CT molecular complexity index is 649. The first-order chi connectivity index (χ1) is 9.49. The molecule has 6 heteroatoms. The Morgan fingerprint density at radius 1 is 1.15 bits per heavy atom. The van der Waals surface area contributed by atoms with Crippen LogP contribution in [0.15, 0.2) is 42.5 Å². The van der Waals surface area contributed by atoms with E-state index in [4.69, 9.17) is 11.6 Å². The van der Waals surface area contributed by atoms with Gasteiger partial charge in [0.2, 0.25) is 0 Å². The molecule has 0 amide bonds. The van der Waals surface area contributed by atoms with Gasteiger partial charge in [-0.3, -0.25) is 0 Å². The monoisotopic (exact) mass is 297 g/mol. The largest absolute Gasteiger partial charge is 0.479 e. The van der Waals surface area contributed by atoms with Gasteiger partial charge in [0.1, 0.15) is 11.6 Å². The summed E-state index contributed by atoms with van der Waals surface area (Å²) < 4.78 is 26.9. The van der Waals surface area contributed by atoms with Crippen molar-refractivity contribution in [3.8, 4) is 0 Å². The van der Waals surface area contributed by atoms with Gasteiger partial charge >= 0.3 is 5.97 Å². The summed E-state index contributed by atoms with van der Waals surface area (Å²) in [5.74, 6) is -2.58. The van der Waals surface area contributed by atoms with Gasteiger partial charge in [-0.1, -0.05) is 29.8 Å². The zero-order valence-electron chi connectivity index (χ0n) is 10.1. The molecule has 2 N–H and O–H groups in total. The lowest BCUT2D eigenvalue weighted by Gasteiger charge is -2.17. The lowest BCUT2D eigenvalue weighted by molar-refractivity contribution is -0.138. The molecule has 0 aliphatic carbocycles. The summed E-state index contributed by atoms with van der Waals surface area (Å²) in [6, 6.07) is 8.00. The lowest BCUT2D eigenvalue weighted by Crippen LogP contribution is -2.21. The molecular weight excluding hydrogens is 288 g/mol. The summed E-state index contributed by atoms with van der Waals surface area (Å²) in [6.45, 7) is 0. The molecule has 2 rings (SSSR count). The van der Waals surface area contributed by atoms with E-state index in [0.29, 0.717) is 0 Å². The summed E-state index contributed by atoms with van der Waals surface area (Å²) in [6.07, 6.45) is 0. The first-order valence-corrected chi connectivity index (χ1v) is 6.05. The van der Waals surface area contributed by atoms with Gasteiger partial charge in [-0.25, -0.2) is 13.6 Å². The molecule has 104 valence electrons. The summed E-state index contributed by atoms with van der Waals surface area (Å²) >= 11 is 5.55. The number of anilines is 1. The average Bonchev–Trinajstić information content (AvgIpc) is 2.41. The maximum atomic E-state index is 13.5. The van der Waals surface area contributed by atoms with E-state index in [1.807, 2.05) is 0 Å². The highest BCUT2D eigenvalue weighted by Gasteiger charge is 2.21. The predicted octanol–water partition coefficient (Wildman–Crippen LogP) is 3.86. The molecule has 3 nitrogen and oxygen atoms in total. The Labute approximate surface area is 118 Å². The number of halogens is 3. The molecule has 0 aromatic heterocycles. The minimum absolute atomic E-state index is 0.0234. The maximum absolute atomic E-state index is 13.5. The van der Waals surface area contributed by atoms with Gasteiger partial charge in [-0.2, -0.15) is 0 Å². The van der Waals surface area contributed by atoms with Crippen LogP contribution in [0.25, 0.3) is 0 Å². The fourth-order valence-electron chi connectivity index (χ4n) is 1.71. The lowest BCUT2D eigenvalue weighted by atomic mass is 10.1. The van der Waals surface area contributed by atoms with Crippen molar-refractivity contribution in [2.75, 3.05) is 5.32 Å². The number of hydrogen-bond donors (Lipinski definition) is 2. The van der Waals surface area contributed by atoms with Gasteiger partial charge < -0.3 is 10.4 Å². The third-order valence-corrected chi connectivity index (χ3v) is 3.00. The Balaban J connectivity index is 2.34. The van der Waals surface area contributed by atoms with E-state index >= 15 is 0 Å². The Hall–Kier alpha value is -2.14. The fraction of sp³-hybridized carbons (Fsp3) is 0.0714. The first-order valence-electron chi connectivity index (χ1n) is 5.68. The number of hydrogen-bond acceptors (Lipinski definition) is 2. The van der Waals surface area contributed by atoms with Crippen molar-refractivity contribution >= 4 is 23.3 Å².